The lowest BCUT2D eigenvalue weighted by molar-refractivity contribution is 0.0661. The molecule has 60 valence electrons. The lowest BCUT2D eigenvalue weighted by Crippen LogP contribution is -2.43. The van der Waals surface area contributed by atoms with Crippen molar-refractivity contribution in [2.24, 2.45) is 11.3 Å². The van der Waals surface area contributed by atoms with Gasteiger partial charge in [-0.2, -0.15) is 0 Å². The number of nitrogens with one attached hydrogen (secondary N) is 1. The molecule has 0 aromatic heterocycles. The first-order chi connectivity index (χ1) is 4.69. The Morgan fingerprint density at radius 1 is 1.60 bits per heavy atom. The van der Waals surface area contributed by atoms with Gasteiger partial charge < -0.3 is 5.32 Å². The highest BCUT2D eigenvalue weighted by Gasteiger charge is 2.38. The van der Waals surface area contributed by atoms with E-state index in [0.29, 0.717) is 5.41 Å². The first-order valence-electron chi connectivity index (χ1n) is 4.40. The SMILES string of the molecule is CCNC[C@@]1(C)CCC1C. The van der Waals surface area contributed by atoms with Gasteiger partial charge in [-0.25, -0.2) is 0 Å². The van der Waals surface area contributed by atoms with E-state index in [9.17, 15) is 0 Å². The minimum atomic E-state index is 0.621. The molecule has 1 fully saturated rings. The Kier molecular flexibility index (Phi) is 2.35. The Balaban J connectivity index is 2.24. The minimum absolute atomic E-state index is 0.621. The molecule has 1 rings (SSSR count). The van der Waals surface area contributed by atoms with Crippen LogP contribution < -0.4 is 5.32 Å². The van der Waals surface area contributed by atoms with Crippen LogP contribution in [0.1, 0.15) is 33.6 Å². The topological polar surface area (TPSA) is 12.0 Å². The quantitative estimate of drug-likeness (QED) is 0.634. The van der Waals surface area contributed by atoms with E-state index < -0.39 is 0 Å². The molecule has 0 radical (unpaired) electrons. The summed E-state index contributed by atoms with van der Waals surface area (Å²) in [6.07, 6.45) is 2.85. The van der Waals surface area contributed by atoms with Crippen LogP contribution in [0.2, 0.25) is 0 Å². The molecule has 1 heteroatoms. The highest BCUT2D eigenvalue weighted by atomic mass is 14.9. The summed E-state index contributed by atoms with van der Waals surface area (Å²) in [6, 6.07) is 0. The third-order valence-electron chi connectivity index (χ3n) is 3.12. The van der Waals surface area contributed by atoms with Crippen LogP contribution in [0.15, 0.2) is 0 Å². The van der Waals surface area contributed by atoms with Crippen molar-refractivity contribution in [1.29, 1.82) is 0 Å². The van der Waals surface area contributed by atoms with Crippen LogP contribution in [-0.2, 0) is 0 Å². The minimum Gasteiger partial charge on any atom is -0.316 e. The molecule has 0 aliphatic heterocycles. The molecule has 0 saturated heterocycles. The molecule has 0 heterocycles. The zero-order valence-corrected chi connectivity index (χ0v) is 7.41. The smallest absolute Gasteiger partial charge is 0.000760 e. The standard InChI is InChI=1S/C9H19N/c1-4-10-7-9(3)6-5-8(9)2/h8,10H,4-7H2,1-3H3/t8?,9-/m1/s1. The van der Waals surface area contributed by atoms with Crippen molar-refractivity contribution in [3.05, 3.63) is 0 Å². The number of rotatable bonds is 3. The molecule has 10 heavy (non-hydrogen) atoms. The summed E-state index contributed by atoms with van der Waals surface area (Å²) < 4.78 is 0. The molecule has 1 aliphatic carbocycles. The van der Waals surface area contributed by atoms with Gasteiger partial charge in [0.25, 0.3) is 0 Å². The molecular formula is C9H19N. The zero-order chi connectivity index (χ0) is 7.61. The van der Waals surface area contributed by atoms with Crippen LogP contribution in [0.4, 0.5) is 0 Å². The predicted molar refractivity (Wildman–Crippen MR) is 45.0 cm³/mol. The van der Waals surface area contributed by atoms with Gasteiger partial charge in [-0.3, -0.25) is 0 Å². The highest BCUT2D eigenvalue weighted by molar-refractivity contribution is 4.90. The molecule has 1 aliphatic rings. The molecule has 1 unspecified atom stereocenters. The first kappa shape index (κ1) is 8.06. The lowest BCUT2D eigenvalue weighted by Gasteiger charge is -2.45. The van der Waals surface area contributed by atoms with Crippen LogP contribution in [-0.4, -0.2) is 13.1 Å². The van der Waals surface area contributed by atoms with Gasteiger partial charge in [0, 0.05) is 6.54 Å². The van der Waals surface area contributed by atoms with Crippen LogP contribution in [0.5, 0.6) is 0 Å². The number of hydrogen-bond donors (Lipinski definition) is 1. The number of hydrogen-bond acceptors (Lipinski definition) is 1. The Hall–Kier alpha value is -0.0400. The summed E-state index contributed by atoms with van der Waals surface area (Å²) in [4.78, 5) is 0. The van der Waals surface area contributed by atoms with Crippen LogP contribution >= 0.6 is 0 Å². The summed E-state index contributed by atoms with van der Waals surface area (Å²) in [7, 11) is 0. The molecule has 0 aromatic rings. The molecule has 0 spiro atoms. The largest absolute Gasteiger partial charge is 0.316 e. The molecule has 1 saturated carbocycles. The Morgan fingerprint density at radius 2 is 2.30 bits per heavy atom. The lowest BCUT2D eigenvalue weighted by atomic mass is 9.62. The second-order valence-electron chi connectivity index (χ2n) is 3.87. The summed E-state index contributed by atoms with van der Waals surface area (Å²) in [6.45, 7) is 9.25. The van der Waals surface area contributed by atoms with Gasteiger partial charge in [-0.15, -0.1) is 0 Å². The Bertz CT molecular complexity index is 111. The van der Waals surface area contributed by atoms with E-state index in [0.717, 1.165) is 12.5 Å². The summed E-state index contributed by atoms with van der Waals surface area (Å²) >= 11 is 0. The van der Waals surface area contributed by atoms with Crippen molar-refractivity contribution in [1.82, 2.24) is 5.32 Å². The van der Waals surface area contributed by atoms with Crippen molar-refractivity contribution in [3.8, 4) is 0 Å². The van der Waals surface area contributed by atoms with Crippen molar-refractivity contribution in [2.45, 2.75) is 33.6 Å². The summed E-state index contributed by atoms with van der Waals surface area (Å²) in [5, 5.41) is 3.42. The van der Waals surface area contributed by atoms with E-state index in [1.165, 1.54) is 19.4 Å². The van der Waals surface area contributed by atoms with Crippen molar-refractivity contribution in [2.75, 3.05) is 13.1 Å². The fraction of sp³-hybridized carbons (Fsp3) is 1.00. The maximum atomic E-state index is 3.42. The van der Waals surface area contributed by atoms with E-state index in [-0.39, 0.29) is 0 Å². The molecule has 0 amide bonds. The van der Waals surface area contributed by atoms with E-state index in [4.69, 9.17) is 0 Å². The Morgan fingerprint density at radius 3 is 2.60 bits per heavy atom. The van der Waals surface area contributed by atoms with Crippen molar-refractivity contribution < 1.29 is 0 Å². The average molecular weight is 141 g/mol. The maximum Gasteiger partial charge on any atom is 0.000760 e. The monoisotopic (exact) mass is 141 g/mol. The molecule has 2 atom stereocenters. The van der Waals surface area contributed by atoms with Crippen LogP contribution in [0, 0.1) is 11.3 Å². The van der Waals surface area contributed by atoms with E-state index in [2.05, 4.69) is 26.1 Å². The highest BCUT2D eigenvalue weighted by Crippen LogP contribution is 2.45. The van der Waals surface area contributed by atoms with Gasteiger partial charge >= 0.3 is 0 Å². The molecule has 0 bridgehead atoms. The van der Waals surface area contributed by atoms with Crippen LogP contribution in [0.3, 0.4) is 0 Å². The van der Waals surface area contributed by atoms with Gasteiger partial charge in [0.15, 0.2) is 0 Å². The zero-order valence-electron chi connectivity index (χ0n) is 7.41. The fourth-order valence-corrected chi connectivity index (χ4v) is 1.60. The normalized spacial score (nSPS) is 39.3. The van der Waals surface area contributed by atoms with Crippen LogP contribution in [0.25, 0.3) is 0 Å². The fourth-order valence-electron chi connectivity index (χ4n) is 1.60. The van der Waals surface area contributed by atoms with Gasteiger partial charge in [0.1, 0.15) is 0 Å². The molecule has 1 nitrogen and oxygen atoms in total. The maximum absolute atomic E-state index is 3.42. The van der Waals surface area contributed by atoms with Crippen molar-refractivity contribution >= 4 is 0 Å². The first-order valence-corrected chi connectivity index (χ1v) is 4.40. The van der Waals surface area contributed by atoms with Crippen molar-refractivity contribution in [3.63, 3.8) is 0 Å². The van der Waals surface area contributed by atoms with Gasteiger partial charge in [0.2, 0.25) is 0 Å². The average Bonchev–Trinajstić information content (AvgIpc) is 1.97. The second kappa shape index (κ2) is 2.91. The van der Waals surface area contributed by atoms with E-state index in [1.807, 2.05) is 0 Å². The summed E-state index contributed by atoms with van der Waals surface area (Å²) in [5.41, 5.74) is 0.621. The van der Waals surface area contributed by atoms with E-state index >= 15 is 0 Å². The second-order valence-corrected chi connectivity index (χ2v) is 3.87. The molecular weight excluding hydrogens is 122 g/mol. The third kappa shape index (κ3) is 1.34. The third-order valence-corrected chi connectivity index (χ3v) is 3.12. The van der Waals surface area contributed by atoms with Gasteiger partial charge in [0.05, 0.1) is 0 Å². The summed E-state index contributed by atoms with van der Waals surface area (Å²) in [5.74, 6) is 0.937. The molecule has 0 aromatic carbocycles. The van der Waals surface area contributed by atoms with Gasteiger partial charge in [-0.1, -0.05) is 20.8 Å². The van der Waals surface area contributed by atoms with E-state index in [1.54, 1.807) is 0 Å². The van der Waals surface area contributed by atoms with Gasteiger partial charge in [-0.05, 0) is 30.7 Å². The Labute approximate surface area is 64.2 Å². The molecule has 1 N–H and O–H groups in total. The predicted octanol–water partition coefficient (Wildman–Crippen LogP) is 2.03.